The van der Waals surface area contributed by atoms with Crippen LogP contribution in [0.1, 0.15) is 31.7 Å². The van der Waals surface area contributed by atoms with Crippen LogP contribution in [0.25, 0.3) is 0 Å². The number of anilines is 2. The predicted octanol–water partition coefficient (Wildman–Crippen LogP) is 2.32. The van der Waals surface area contributed by atoms with Crippen LogP contribution in [0.5, 0.6) is 0 Å². The maximum absolute atomic E-state index is 10.1. The van der Waals surface area contributed by atoms with Crippen molar-refractivity contribution in [2.45, 2.75) is 38.7 Å². The molecule has 1 aliphatic rings. The highest BCUT2D eigenvalue weighted by Crippen LogP contribution is 2.27. The Labute approximate surface area is 103 Å². The summed E-state index contributed by atoms with van der Waals surface area (Å²) in [6, 6.07) is 6.17. The van der Waals surface area contributed by atoms with Crippen molar-refractivity contribution in [3.63, 3.8) is 0 Å². The molecule has 1 saturated heterocycles. The summed E-state index contributed by atoms with van der Waals surface area (Å²) in [6.45, 7) is 5.89. The smallest absolute Gasteiger partial charge is 0.0637 e. The Morgan fingerprint density at radius 1 is 1.24 bits per heavy atom. The Hall–Kier alpha value is -1.22. The molecule has 0 radical (unpaired) electrons. The summed E-state index contributed by atoms with van der Waals surface area (Å²) >= 11 is 0. The molecule has 3 heteroatoms. The van der Waals surface area contributed by atoms with E-state index in [1.807, 2.05) is 19.1 Å². The molecule has 1 unspecified atom stereocenters. The van der Waals surface area contributed by atoms with Crippen LogP contribution in [-0.2, 0) is 0 Å². The lowest BCUT2D eigenvalue weighted by Gasteiger charge is -2.25. The zero-order valence-corrected chi connectivity index (χ0v) is 10.7. The number of nitrogen functional groups attached to an aromatic ring is 1. The van der Waals surface area contributed by atoms with E-state index in [1.54, 1.807) is 0 Å². The summed E-state index contributed by atoms with van der Waals surface area (Å²) in [4.78, 5) is 2.32. The molecule has 0 bridgehead atoms. The summed E-state index contributed by atoms with van der Waals surface area (Å²) < 4.78 is 0. The largest absolute Gasteiger partial charge is 0.399 e. The lowest BCUT2D eigenvalue weighted by molar-refractivity contribution is 0.0481. The minimum Gasteiger partial charge on any atom is -0.399 e. The van der Waals surface area contributed by atoms with Gasteiger partial charge >= 0.3 is 0 Å². The fourth-order valence-electron chi connectivity index (χ4n) is 2.50. The summed E-state index contributed by atoms with van der Waals surface area (Å²) in [5, 5.41) is 10.1. The SMILES string of the molecule is Cc1cc(N)cc(N2CCCC(C)(O)CC2)c1. The molecule has 1 fully saturated rings. The van der Waals surface area contributed by atoms with E-state index >= 15 is 0 Å². The first-order valence-corrected chi connectivity index (χ1v) is 6.31. The van der Waals surface area contributed by atoms with E-state index in [0.29, 0.717) is 0 Å². The van der Waals surface area contributed by atoms with Gasteiger partial charge in [0.25, 0.3) is 0 Å². The number of benzene rings is 1. The molecule has 94 valence electrons. The predicted molar refractivity (Wildman–Crippen MR) is 72.3 cm³/mol. The van der Waals surface area contributed by atoms with Gasteiger partial charge in [0.15, 0.2) is 0 Å². The topological polar surface area (TPSA) is 49.5 Å². The van der Waals surface area contributed by atoms with E-state index in [9.17, 15) is 5.11 Å². The van der Waals surface area contributed by atoms with Crippen molar-refractivity contribution in [3.05, 3.63) is 23.8 Å². The van der Waals surface area contributed by atoms with Crippen molar-refractivity contribution in [1.82, 2.24) is 0 Å². The average Bonchev–Trinajstić information content (AvgIpc) is 2.38. The van der Waals surface area contributed by atoms with Crippen LogP contribution in [0.15, 0.2) is 18.2 Å². The first kappa shape index (κ1) is 12.2. The fraction of sp³-hybridized carbons (Fsp3) is 0.571. The second-order valence-corrected chi connectivity index (χ2v) is 5.44. The Kier molecular flexibility index (Phi) is 3.29. The third-order valence-electron chi connectivity index (χ3n) is 3.51. The number of aliphatic hydroxyl groups is 1. The highest BCUT2D eigenvalue weighted by Gasteiger charge is 2.25. The van der Waals surface area contributed by atoms with Crippen molar-refractivity contribution < 1.29 is 5.11 Å². The molecule has 0 saturated carbocycles. The van der Waals surface area contributed by atoms with Crippen LogP contribution in [-0.4, -0.2) is 23.8 Å². The molecule has 0 aromatic heterocycles. The average molecular weight is 234 g/mol. The number of nitrogens with two attached hydrogens (primary N) is 1. The zero-order chi connectivity index (χ0) is 12.5. The number of rotatable bonds is 1. The van der Waals surface area contributed by atoms with E-state index in [1.165, 1.54) is 11.3 Å². The van der Waals surface area contributed by atoms with Crippen LogP contribution in [0, 0.1) is 6.92 Å². The van der Waals surface area contributed by atoms with Gasteiger partial charge in [0.05, 0.1) is 5.60 Å². The Balaban J connectivity index is 2.17. The molecular weight excluding hydrogens is 212 g/mol. The van der Waals surface area contributed by atoms with Gasteiger partial charge in [-0.05, 0) is 56.9 Å². The van der Waals surface area contributed by atoms with Crippen LogP contribution < -0.4 is 10.6 Å². The Bertz CT molecular complexity index is 381. The molecular formula is C14H22N2O. The van der Waals surface area contributed by atoms with Gasteiger partial charge in [-0.15, -0.1) is 0 Å². The van der Waals surface area contributed by atoms with Gasteiger partial charge in [-0.1, -0.05) is 0 Å². The van der Waals surface area contributed by atoms with E-state index in [4.69, 9.17) is 5.73 Å². The van der Waals surface area contributed by atoms with Gasteiger partial charge < -0.3 is 15.7 Å². The van der Waals surface area contributed by atoms with E-state index < -0.39 is 5.60 Å². The molecule has 3 N–H and O–H groups in total. The molecule has 0 aliphatic carbocycles. The summed E-state index contributed by atoms with van der Waals surface area (Å²) in [7, 11) is 0. The number of hydrogen-bond donors (Lipinski definition) is 2. The first-order valence-electron chi connectivity index (χ1n) is 6.31. The van der Waals surface area contributed by atoms with Crippen molar-refractivity contribution in [3.8, 4) is 0 Å². The molecule has 2 rings (SSSR count). The van der Waals surface area contributed by atoms with Gasteiger partial charge in [0, 0.05) is 24.5 Å². The number of hydrogen-bond acceptors (Lipinski definition) is 3. The highest BCUT2D eigenvalue weighted by atomic mass is 16.3. The normalized spacial score (nSPS) is 25.7. The maximum Gasteiger partial charge on any atom is 0.0637 e. The van der Waals surface area contributed by atoms with Crippen molar-refractivity contribution >= 4 is 11.4 Å². The lowest BCUT2D eigenvalue weighted by atomic mass is 9.98. The van der Waals surface area contributed by atoms with Crippen molar-refractivity contribution in [2.75, 3.05) is 23.7 Å². The van der Waals surface area contributed by atoms with Gasteiger partial charge in [-0.3, -0.25) is 0 Å². The molecule has 1 aromatic rings. The number of nitrogens with zero attached hydrogens (tertiary/aromatic N) is 1. The lowest BCUT2D eigenvalue weighted by Crippen LogP contribution is -2.28. The zero-order valence-electron chi connectivity index (χ0n) is 10.7. The number of aryl methyl sites for hydroxylation is 1. The van der Waals surface area contributed by atoms with Crippen LogP contribution in [0.2, 0.25) is 0 Å². The molecule has 1 aliphatic heterocycles. The molecule has 0 spiro atoms. The van der Waals surface area contributed by atoms with E-state index in [2.05, 4.69) is 17.9 Å². The molecule has 1 atom stereocenters. The van der Waals surface area contributed by atoms with Gasteiger partial charge in [0.2, 0.25) is 0 Å². The highest BCUT2D eigenvalue weighted by molar-refractivity contribution is 5.58. The van der Waals surface area contributed by atoms with Crippen molar-refractivity contribution in [1.29, 1.82) is 0 Å². The first-order chi connectivity index (χ1) is 7.96. The molecule has 0 amide bonds. The molecule has 17 heavy (non-hydrogen) atoms. The Morgan fingerprint density at radius 2 is 2.00 bits per heavy atom. The van der Waals surface area contributed by atoms with Gasteiger partial charge in [-0.2, -0.15) is 0 Å². The minimum absolute atomic E-state index is 0.510. The van der Waals surface area contributed by atoms with Gasteiger partial charge in [0.1, 0.15) is 0 Å². The minimum atomic E-state index is -0.510. The second kappa shape index (κ2) is 4.57. The monoisotopic (exact) mass is 234 g/mol. The third kappa shape index (κ3) is 3.13. The molecule has 1 heterocycles. The van der Waals surface area contributed by atoms with Crippen LogP contribution in [0.4, 0.5) is 11.4 Å². The van der Waals surface area contributed by atoms with Crippen LogP contribution >= 0.6 is 0 Å². The molecule has 3 nitrogen and oxygen atoms in total. The summed E-state index contributed by atoms with van der Waals surface area (Å²) in [5.41, 5.74) is 8.56. The summed E-state index contributed by atoms with van der Waals surface area (Å²) in [5.74, 6) is 0. The standard InChI is InChI=1S/C14H22N2O/c1-11-8-12(15)10-13(9-11)16-6-3-4-14(2,17)5-7-16/h8-10,17H,3-7,15H2,1-2H3. The molecule has 1 aromatic carbocycles. The van der Waals surface area contributed by atoms with E-state index in [-0.39, 0.29) is 0 Å². The van der Waals surface area contributed by atoms with Crippen molar-refractivity contribution in [2.24, 2.45) is 0 Å². The Morgan fingerprint density at radius 3 is 2.71 bits per heavy atom. The van der Waals surface area contributed by atoms with Crippen LogP contribution in [0.3, 0.4) is 0 Å². The third-order valence-corrected chi connectivity index (χ3v) is 3.51. The fourth-order valence-corrected chi connectivity index (χ4v) is 2.50. The van der Waals surface area contributed by atoms with E-state index in [0.717, 1.165) is 38.0 Å². The summed E-state index contributed by atoms with van der Waals surface area (Å²) in [6.07, 6.45) is 2.73. The quantitative estimate of drug-likeness (QED) is 0.733. The second-order valence-electron chi connectivity index (χ2n) is 5.44. The van der Waals surface area contributed by atoms with Gasteiger partial charge in [-0.25, -0.2) is 0 Å². The maximum atomic E-state index is 10.1.